The fraction of sp³-hybridized carbons (Fsp3) is 0.750. The van der Waals surface area contributed by atoms with Crippen molar-refractivity contribution >= 4 is 0 Å². The summed E-state index contributed by atoms with van der Waals surface area (Å²) in [5.74, 6) is 0. The molecule has 2 atom stereocenters. The van der Waals surface area contributed by atoms with Gasteiger partial charge in [-0.1, -0.05) is 20.4 Å². The van der Waals surface area contributed by atoms with Crippen LogP contribution in [0.1, 0.15) is 26.7 Å². The molecule has 2 nitrogen and oxygen atoms in total. The maximum atomic E-state index is 8.91. The number of hydrogen-bond donors (Lipinski definition) is 2. The van der Waals surface area contributed by atoms with Crippen molar-refractivity contribution in [2.24, 2.45) is 0 Å². The van der Waals surface area contributed by atoms with Crippen LogP contribution in [0.15, 0.2) is 12.2 Å². The van der Waals surface area contributed by atoms with Gasteiger partial charge in [0.05, 0.1) is 12.2 Å². The molecule has 1 fully saturated rings. The van der Waals surface area contributed by atoms with Crippen LogP contribution < -0.4 is 0 Å². The topological polar surface area (TPSA) is 40.5 Å². The monoisotopic (exact) mass is 144 g/mol. The second-order valence-electron chi connectivity index (χ2n) is 2.27. The summed E-state index contributed by atoms with van der Waals surface area (Å²) in [5.41, 5.74) is 0.762. The number of aliphatic hydroxyl groups excluding tert-OH is 2. The lowest BCUT2D eigenvalue weighted by molar-refractivity contribution is 0.142. The van der Waals surface area contributed by atoms with Crippen molar-refractivity contribution in [1.82, 2.24) is 0 Å². The molecule has 2 unspecified atom stereocenters. The zero-order valence-electron chi connectivity index (χ0n) is 6.67. The summed E-state index contributed by atoms with van der Waals surface area (Å²) in [6, 6.07) is 0. The van der Waals surface area contributed by atoms with Gasteiger partial charge in [-0.15, -0.1) is 0 Å². The van der Waals surface area contributed by atoms with Crippen LogP contribution in [0.5, 0.6) is 0 Å². The van der Waals surface area contributed by atoms with Crippen molar-refractivity contribution < 1.29 is 10.2 Å². The Hall–Kier alpha value is -0.340. The molecular weight excluding hydrogens is 128 g/mol. The maximum absolute atomic E-state index is 8.91. The molecule has 0 amide bonds. The third kappa shape index (κ3) is 2.50. The lowest BCUT2D eigenvalue weighted by Crippen LogP contribution is -2.03. The van der Waals surface area contributed by atoms with Gasteiger partial charge in [0.1, 0.15) is 0 Å². The average Bonchev–Trinajstić information content (AvgIpc) is 2.16. The summed E-state index contributed by atoms with van der Waals surface area (Å²) in [6.45, 7) is 7.58. The molecule has 2 heteroatoms. The van der Waals surface area contributed by atoms with Gasteiger partial charge in [-0.2, -0.15) is 0 Å². The van der Waals surface area contributed by atoms with Crippen LogP contribution in [0.2, 0.25) is 0 Å². The molecule has 1 rings (SSSR count). The minimum absolute atomic E-state index is 0.350. The first-order valence-corrected chi connectivity index (χ1v) is 3.74. The van der Waals surface area contributed by atoms with Crippen LogP contribution in [0.3, 0.4) is 0 Å². The second kappa shape index (κ2) is 4.47. The Bertz CT molecular complexity index is 110. The molecule has 60 valence electrons. The molecule has 0 aromatic heterocycles. The van der Waals surface area contributed by atoms with Crippen LogP contribution >= 0.6 is 0 Å². The zero-order valence-corrected chi connectivity index (χ0v) is 6.67. The quantitative estimate of drug-likeness (QED) is 0.499. The van der Waals surface area contributed by atoms with Crippen LogP contribution in [-0.2, 0) is 0 Å². The van der Waals surface area contributed by atoms with Gasteiger partial charge in [0.25, 0.3) is 0 Å². The fourth-order valence-corrected chi connectivity index (χ4v) is 0.946. The molecule has 1 aliphatic carbocycles. The normalized spacial score (nSPS) is 31.4. The van der Waals surface area contributed by atoms with Gasteiger partial charge in [-0.05, 0) is 12.0 Å². The van der Waals surface area contributed by atoms with E-state index in [0.717, 1.165) is 5.57 Å². The molecule has 2 N–H and O–H groups in total. The van der Waals surface area contributed by atoms with E-state index in [-0.39, 0.29) is 6.10 Å². The van der Waals surface area contributed by atoms with E-state index in [1.54, 1.807) is 0 Å². The van der Waals surface area contributed by atoms with Gasteiger partial charge < -0.3 is 10.2 Å². The van der Waals surface area contributed by atoms with Gasteiger partial charge in [0, 0.05) is 6.42 Å². The van der Waals surface area contributed by atoms with E-state index in [0.29, 0.717) is 12.8 Å². The van der Waals surface area contributed by atoms with Crippen molar-refractivity contribution in [3.63, 3.8) is 0 Å². The summed E-state index contributed by atoms with van der Waals surface area (Å²) in [6.07, 6.45) is 0.238. The van der Waals surface area contributed by atoms with Gasteiger partial charge in [-0.3, -0.25) is 0 Å². The molecule has 0 bridgehead atoms. The Kier molecular flexibility index (Phi) is 4.32. The van der Waals surface area contributed by atoms with Crippen molar-refractivity contribution in [2.75, 3.05) is 0 Å². The molecule has 10 heavy (non-hydrogen) atoms. The zero-order chi connectivity index (χ0) is 8.15. The van der Waals surface area contributed by atoms with E-state index in [4.69, 9.17) is 10.2 Å². The summed E-state index contributed by atoms with van der Waals surface area (Å²) in [4.78, 5) is 0. The molecule has 1 aliphatic rings. The number of hydrogen-bond acceptors (Lipinski definition) is 2. The Morgan fingerprint density at radius 2 is 1.90 bits per heavy atom. The number of rotatable bonds is 0. The Labute approximate surface area is 62.2 Å². The van der Waals surface area contributed by atoms with E-state index >= 15 is 0 Å². The van der Waals surface area contributed by atoms with Gasteiger partial charge in [0.15, 0.2) is 0 Å². The first-order chi connectivity index (χ1) is 4.70. The maximum Gasteiger partial charge on any atom is 0.0773 e. The standard InChI is InChI=1S/C6H10O2.C2H6/c1-4-2-5(7)3-6(4)8;1-2/h5-8H,1-3H2;1-2H3. The molecule has 0 radical (unpaired) electrons. The molecule has 0 saturated heterocycles. The van der Waals surface area contributed by atoms with Gasteiger partial charge >= 0.3 is 0 Å². The third-order valence-electron chi connectivity index (χ3n) is 1.46. The summed E-state index contributed by atoms with van der Waals surface area (Å²) >= 11 is 0. The van der Waals surface area contributed by atoms with Crippen molar-refractivity contribution in [3.05, 3.63) is 12.2 Å². The molecule has 1 saturated carbocycles. The second-order valence-corrected chi connectivity index (χ2v) is 2.27. The van der Waals surface area contributed by atoms with Crippen molar-refractivity contribution in [1.29, 1.82) is 0 Å². The van der Waals surface area contributed by atoms with E-state index in [1.165, 1.54) is 0 Å². The van der Waals surface area contributed by atoms with Gasteiger partial charge in [-0.25, -0.2) is 0 Å². The van der Waals surface area contributed by atoms with Crippen LogP contribution in [0, 0.1) is 0 Å². The Balaban J connectivity index is 0.000000371. The predicted molar refractivity (Wildman–Crippen MR) is 41.7 cm³/mol. The highest BCUT2D eigenvalue weighted by atomic mass is 16.3. The third-order valence-corrected chi connectivity index (χ3v) is 1.46. The van der Waals surface area contributed by atoms with E-state index in [1.807, 2.05) is 13.8 Å². The largest absolute Gasteiger partial charge is 0.393 e. The van der Waals surface area contributed by atoms with Crippen LogP contribution in [0.4, 0.5) is 0 Å². The van der Waals surface area contributed by atoms with Crippen LogP contribution in [0.25, 0.3) is 0 Å². The Morgan fingerprint density at radius 3 is 2.00 bits per heavy atom. The fourth-order valence-electron chi connectivity index (χ4n) is 0.946. The van der Waals surface area contributed by atoms with Crippen LogP contribution in [-0.4, -0.2) is 22.4 Å². The minimum Gasteiger partial charge on any atom is -0.393 e. The lowest BCUT2D eigenvalue weighted by atomic mass is 10.2. The Morgan fingerprint density at radius 1 is 1.40 bits per heavy atom. The van der Waals surface area contributed by atoms with Crippen molar-refractivity contribution in [2.45, 2.75) is 38.9 Å². The average molecular weight is 144 g/mol. The van der Waals surface area contributed by atoms with Crippen molar-refractivity contribution in [3.8, 4) is 0 Å². The lowest BCUT2D eigenvalue weighted by Gasteiger charge is -1.96. The number of aliphatic hydroxyl groups is 2. The first kappa shape index (κ1) is 9.66. The summed E-state index contributed by atoms with van der Waals surface area (Å²) < 4.78 is 0. The van der Waals surface area contributed by atoms with E-state index in [9.17, 15) is 0 Å². The highest BCUT2D eigenvalue weighted by Gasteiger charge is 2.23. The molecule has 0 aromatic carbocycles. The molecular formula is C8H16O2. The highest BCUT2D eigenvalue weighted by Crippen LogP contribution is 2.22. The van der Waals surface area contributed by atoms with E-state index in [2.05, 4.69) is 6.58 Å². The smallest absolute Gasteiger partial charge is 0.0773 e. The highest BCUT2D eigenvalue weighted by molar-refractivity contribution is 5.09. The van der Waals surface area contributed by atoms with E-state index < -0.39 is 6.10 Å². The molecule has 0 spiro atoms. The molecule has 0 heterocycles. The molecule has 0 aromatic rings. The summed E-state index contributed by atoms with van der Waals surface area (Å²) in [7, 11) is 0. The first-order valence-electron chi connectivity index (χ1n) is 3.74. The SMILES string of the molecule is C=C1CC(O)CC1O.CC. The predicted octanol–water partition coefficient (Wildman–Crippen LogP) is 1.08. The minimum atomic E-state index is -0.454. The molecule has 0 aliphatic heterocycles. The summed E-state index contributed by atoms with van der Waals surface area (Å²) in [5, 5.41) is 17.8. The van der Waals surface area contributed by atoms with Gasteiger partial charge in [0.2, 0.25) is 0 Å².